The lowest BCUT2D eigenvalue weighted by Crippen LogP contribution is -2.40. The number of nitrogens with one attached hydrogen (secondary N) is 2. The van der Waals surface area contributed by atoms with Crippen LogP contribution in [0.15, 0.2) is 27.1 Å². The minimum atomic E-state index is -1.09. The third-order valence-corrected chi connectivity index (χ3v) is 3.24. The van der Waals surface area contributed by atoms with Gasteiger partial charge in [-0.15, -0.1) is 0 Å². The molecule has 5 nitrogen and oxygen atoms in total. The molecule has 1 aromatic carbocycles. The highest BCUT2D eigenvalue weighted by atomic mass is 79.9. The van der Waals surface area contributed by atoms with Gasteiger partial charge in [-0.2, -0.15) is 0 Å². The molecule has 3 N–H and O–H groups in total. The number of carboxylic acids is 1. The van der Waals surface area contributed by atoms with E-state index in [9.17, 15) is 9.59 Å². The van der Waals surface area contributed by atoms with Crippen LogP contribution in [0.4, 0.5) is 10.5 Å². The first-order chi connectivity index (χ1) is 7.91. The molecule has 0 saturated carbocycles. The number of anilines is 1. The second-order valence-electron chi connectivity index (χ2n) is 3.26. The number of hydrogen-bond acceptors (Lipinski definition) is 2. The lowest BCUT2D eigenvalue weighted by molar-refractivity contribution is -0.138. The van der Waals surface area contributed by atoms with Crippen molar-refractivity contribution in [2.75, 3.05) is 5.32 Å². The van der Waals surface area contributed by atoms with Crippen LogP contribution >= 0.6 is 31.9 Å². The van der Waals surface area contributed by atoms with Crippen molar-refractivity contribution >= 4 is 49.5 Å². The van der Waals surface area contributed by atoms with E-state index in [1.165, 1.54) is 6.92 Å². The summed E-state index contributed by atoms with van der Waals surface area (Å²) in [5.74, 6) is -1.09. The summed E-state index contributed by atoms with van der Waals surface area (Å²) in [6.45, 7) is 1.39. The van der Waals surface area contributed by atoms with Gasteiger partial charge in [0, 0.05) is 8.95 Å². The number of carboxylic acid groups (broad SMARTS) is 1. The van der Waals surface area contributed by atoms with Crippen molar-refractivity contribution < 1.29 is 14.7 Å². The van der Waals surface area contributed by atoms with Crippen LogP contribution in [0.3, 0.4) is 0 Å². The maximum atomic E-state index is 11.5. The number of halogens is 2. The van der Waals surface area contributed by atoms with Gasteiger partial charge in [-0.1, -0.05) is 6.07 Å². The summed E-state index contributed by atoms with van der Waals surface area (Å²) in [5.41, 5.74) is 0.544. The summed E-state index contributed by atoms with van der Waals surface area (Å²) >= 11 is 6.56. The molecule has 0 aliphatic carbocycles. The van der Waals surface area contributed by atoms with Gasteiger partial charge in [0.2, 0.25) is 0 Å². The van der Waals surface area contributed by atoms with Crippen molar-refractivity contribution in [1.29, 1.82) is 0 Å². The Kier molecular flexibility index (Phi) is 4.95. The molecular weight excluding hydrogens is 356 g/mol. The molecule has 0 aliphatic heterocycles. The molecule has 1 aromatic rings. The maximum absolute atomic E-state index is 11.5. The van der Waals surface area contributed by atoms with E-state index in [2.05, 4.69) is 42.5 Å². The molecule has 0 bridgehead atoms. The molecule has 0 unspecified atom stereocenters. The molecule has 2 amide bonds. The van der Waals surface area contributed by atoms with E-state index in [1.807, 2.05) is 0 Å². The Labute approximate surface area is 115 Å². The fourth-order valence-electron chi connectivity index (χ4n) is 1.03. The molecule has 0 heterocycles. The fraction of sp³-hybridized carbons (Fsp3) is 0.200. The first kappa shape index (κ1) is 14.0. The molecular formula is C10H10Br2N2O3. The molecule has 0 fully saturated rings. The quantitative estimate of drug-likeness (QED) is 0.770. The van der Waals surface area contributed by atoms with Gasteiger partial charge in [-0.05, 0) is 50.9 Å². The predicted molar refractivity (Wildman–Crippen MR) is 71.1 cm³/mol. The normalized spacial score (nSPS) is 11.7. The third kappa shape index (κ3) is 4.01. The highest BCUT2D eigenvalue weighted by Gasteiger charge is 2.15. The van der Waals surface area contributed by atoms with E-state index in [0.29, 0.717) is 14.6 Å². The SMILES string of the molecule is C[C@@H](NC(=O)Nc1c(Br)cccc1Br)C(=O)O. The van der Waals surface area contributed by atoms with Crippen molar-refractivity contribution in [3.05, 3.63) is 27.1 Å². The summed E-state index contributed by atoms with van der Waals surface area (Å²) in [4.78, 5) is 22.1. The molecule has 0 aliphatic rings. The Balaban J connectivity index is 2.72. The number of hydrogen-bond donors (Lipinski definition) is 3. The van der Waals surface area contributed by atoms with Crippen LogP contribution in [0.2, 0.25) is 0 Å². The standard InChI is InChI=1S/C10H10Br2N2O3/c1-5(9(15)16)13-10(17)14-8-6(11)3-2-4-7(8)12/h2-5H,1H3,(H,15,16)(H2,13,14,17)/t5-/m1/s1. The van der Waals surface area contributed by atoms with Crippen LogP contribution < -0.4 is 10.6 Å². The molecule has 17 heavy (non-hydrogen) atoms. The van der Waals surface area contributed by atoms with Gasteiger partial charge < -0.3 is 15.7 Å². The van der Waals surface area contributed by atoms with Gasteiger partial charge in [-0.3, -0.25) is 4.79 Å². The van der Waals surface area contributed by atoms with Crippen molar-refractivity contribution in [3.8, 4) is 0 Å². The number of amides is 2. The Bertz CT molecular complexity index is 431. The predicted octanol–water partition coefficient (Wildman–Crippen LogP) is 2.81. The van der Waals surface area contributed by atoms with Crippen LogP contribution in [-0.4, -0.2) is 23.1 Å². The number of urea groups is 1. The van der Waals surface area contributed by atoms with Crippen molar-refractivity contribution in [1.82, 2.24) is 5.32 Å². The molecule has 7 heteroatoms. The van der Waals surface area contributed by atoms with Gasteiger partial charge in [0.05, 0.1) is 5.69 Å². The van der Waals surface area contributed by atoms with E-state index in [4.69, 9.17) is 5.11 Å². The van der Waals surface area contributed by atoms with Crippen LogP contribution in [0, 0.1) is 0 Å². The monoisotopic (exact) mass is 364 g/mol. The Morgan fingerprint density at radius 1 is 1.29 bits per heavy atom. The fourth-order valence-corrected chi connectivity index (χ4v) is 2.22. The minimum absolute atomic E-state index is 0.544. The summed E-state index contributed by atoms with van der Waals surface area (Å²) < 4.78 is 1.40. The van der Waals surface area contributed by atoms with E-state index < -0.39 is 18.0 Å². The second kappa shape index (κ2) is 6.02. The summed E-state index contributed by atoms with van der Waals surface area (Å²) in [7, 11) is 0. The molecule has 1 rings (SSSR count). The van der Waals surface area contributed by atoms with E-state index >= 15 is 0 Å². The zero-order valence-corrected chi connectivity index (χ0v) is 12.0. The van der Waals surface area contributed by atoms with Gasteiger partial charge >= 0.3 is 12.0 Å². The first-order valence-corrected chi connectivity index (χ1v) is 6.24. The van der Waals surface area contributed by atoms with Crippen LogP contribution in [-0.2, 0) is 4.79 Å². The smallest absolute Gasteiger partial charge is 0.325 e. The van der Waals surface area contributed by atoms with Gasteiger partial charge in [0.25, 0.3) is 0 Å². The summed E-state index contributed by atoms with van der Waals surface area (Å²) in [6.07, 6.45) is 0. The Morgan fingerprint density at radius 3 is 2.29 bits per heavy atom. The number of carbonyl (C=O) groups is 2. The Morgan fingerprint density at radius 2 is 1.82 bits per heavy atom. The highest BCUT2D eigenvalue weighted by molar-refractivity contribution is 9.11. The second-order valence-corrected chi connectivity index (χ2v) is 4.96. The molecule has 0 aromatic heterocycles. The molecule has 0 spiro atoms. The first-order valence-electron chi connectivity index (χ1n) is 4.66. The lowest BCUT2D eigenvalue weighted by Gasteiger charge is -2.12. The Hall–Kier alpha value is -1.08. The maximum Gasteiger partial charge on any atom is 0.325 e. The molecule has 0 saturated heterocycles. The lowest BCUT2D eigenvalue weighted by atomic mass is 10.3. The van der Waals surface area contributed by atoms with Crippen molar-refractivity contribution in [3.63, 3.8) is 0 Å². The van der Waals surface area contributed by atoms with Gasteiger partial charge in [0.1, 0.15) is 6.04 Å². The van der Waals surface area contributed by atoms with Crippen LogP contribution in [0.5, 0.6) is 0 Å². The van der Waals surface area contributed by atoms with Gasteiger partial charge in [-0.25, -0.2) is 4.79 Å². The van der Waals surface area contributed by atoms with Crippen LogP contribution in [0.25, 0.3) is 0 Å². The topological polar surface area (TPSA) is 78.4 Å². The third-order valence-electron chi connectivity index (χ3n) is 1.92. The number of carbonyl (C=O) groups excluding carboxylic acids is 1. The number of para-hydroxylation sites is 1. The number of rotatable bonds is 3. The number of benzene rings is 1. The van der Waals surface area contributed by atoms with E-state index in [1.54, 1.807) is 18.2 Å². The van der Waals surface area contributed by atoms with Crippen LogP contribution in [0.1, 0.15) is 6.92 Å². The average molecular weight is 366 g/mol. The minimum Gasteiger partial charge on any atom is -0.480 e. The van der Waals surface area contributed by atoms with Crippen molar-refractivity contribution in [2.45, 2.75) is 13.0 Å². The van der Waals surface area contributed by atoms with Gasteiger partial charge in [0.15, 0.2) is 0 Å². The summed E-state index contributed by atoms with van der Waals surface area (Å²) in [5, 5.41) is 13.5. The number of aliphatic carboxylic acids is 1. The van der Waals surface area contributed by atoms with Crippen molar-refractivity contribution in [2.24, 2.45) is 0 Å². The van der Waals surface area contributed by atoms with E-state index in [-0.39, 0.29) is 0 Å². The highest BCUT2D eigenvalue weighted by Crippen LogP contribution is 2.30. The summed E-state index contributed by atoms with van der Waals surface area (Å²) in [6, 6.07) is 3.81. The molecule has 1 atom stereocenters. The zero-order chi connectivity index (χ0) is 13.0. The average Bonchev–Trinajstić information content (AvgIpc) is 2.23. The zero-order valence-electron chi connectivity index (χ0n) is 8.83. The molecule has 0 radical (unpaired) electrons. The largest absolute Gasteiger partial charge is 0.480 e. The van der Waals surface area contributed by atoms with E-state index in [0.717, 1.165) is 0 Å². The molecule has 92 valence electrons.